The molecule has 3 N–H and O–H groups in total. The van der Waals surface area contributed by atoms with Crippen LogP contribution in [0.1, 0.15) is 27.2 Å². The van der Waals surface area contributed by atoms with E-state index in [1.165, 1.54) is 0 Å². The molecule has 0 aliphatic carbocycles. The molecule has 7 heteroatoms. The lowest BCUT2D eigenvalue weighted by molar-refractivity contribution is -0.304. The Hall–Kier alpha value is -0.790. The van der Waals surface area contributed by atoms with Crippen LogP contribution in [0, 0.1) is 0 Å². The highest BCUT2D eigenvalue weighted by molar-refractivity contribution is 5.37. The zero-order chi connectivity index (χ0) is 13.7. The SMILES string of the molecule is CC(C)(C)OC=O.OC1(O)CCNCC1(F)F. The molecule has 0 radical (unpaired) electrons. The van der Waals surface area contributed by atoms with Crippen molar-refractivity contribution in [2.24, 2.45) is 0 Å². The molecule has 0 aromatic heterocycles. The molecule has 1 aliphatic heterocycles. The summed E-state index contributed by atoms with van der Waals surface area (Å²) in [4.78, 5) is 9.60. The first-order valence-electron chi connectivity index (χ1n) is 5.16. The first kappa shape index (κ1) is 16.2. The molecule has 17 heavy (non-hydrogen) atoms. The van der Waals surface area contributed by atoms with Crippen molar-refractivity contribution in [1.29, 1.82) is 0 Å². The summed E-state index contributed by atoms with van der Waals surface area (Å²) in [5, 5.41) is 19.7. The molecular weight excluding hydrogens is 236 g/mol. The topological polar surface area (TPSA) is 78.8 Å². The molecule has 0 aromatic carbocycles. The number of aliphatic hydroxyl groups is 2. The van der Waals surface area contributed by atoms with E-state index in [-0.39, 0.29) is 18.6 Å². The highest BCUT2D eigenvalue weighted by Crippen LogP contribution is 2.30. The molecule has 1 heterocycles. The number of nitrogens with one attached hydrogen (secondary N) is 1. The van der Waals surface area contributed by atoms with Crippen molar-refractivity contribution in [2.75, 3.05) is 13.1 Å². The third-order valence-electron chi connectivity index (χ3n) is 1.98. The molecule has 0 aromatic rings. The summed E-state index contributed by atoms with van der Waals surface area (Å²) < 4.78 is 29.4. The van der Waals surface area contributed by atoms with Crippen LogP contribution < -0.4 is 5.32 Å². The second kappa shape index (κ2) is 5.70. The van der Waals surface area contributed by atoms with Crippen molar-refractivity contribution in [2.45, 2.75) is 44.5 Å². The third kappa shape index (κ3) is 5.90. The summed E-state index contributed by atoms with van der Waals surface area (Å²) in [6.07, 6.45) is -0.333. The summed E-state index contributed by atoms with van der Waals surface area (Å²) in [7, 11) is 0. The van der Waals surface area contributed by atoms with Crippen molar-refractivity contribution in [1.82, 2.24) is 5.32 Å². The summed E-state index contributed by atoms with van der Waals surface area (Å²) in [6, 6.07) is 0. The van der Waals surface area contributed by atoms with Crippen molar-refractivity contribution >= 4 is 6.47 Å². The number of rotatable bonds is 1. The Balaban J connectivity index is 0.000000325. The minimum Gasteiger partial charge on any atom is -0.462 e. The van der Waals surface area contributed by atoms with Gasteiger partial charge in [0.25, 0.3) is 6.47 Å². The summed E-state index contributed by atoms with van der Waals surface area (Å²) in [5.74, 6) is -6.25. The van der Waals surface area contributed by atoms with Gasteiger partial charge in [-0.2, -0.15) is 8.78 Å². The first-order chi connectivity index (χ1) is 7.52. The maximum absolute atomic E-state index is 12.4. The predicted octanol–water partition coefficient (Wildman–Crippen LogP) is 0.254. The fourth-order valence-corrected chi connectivity index (χ4v) is 0.977. The van der Waals surface area contributed by atoms with Gasteiger partial charge in [-0.25, -0.2) is 0 Å². The van der Waals surface area contributed by atoms with Crippen LogP contribution in [0.15, 0.2) is 0 Å². The van der Waals surface area contributed by atoms with E-state index >= 15 is 0 Å². The van der Waals surface area contributed by atoms with Crippen molar-refractivity contribution in [3.8, 4) is 0 Å². The maximum atomic E-state index is 12.4. The van der Waals surface area contributed by atoms with Crippen LogP contribution in [0.4, 0.5) is 8.78 Å². The minimum atomic E-state index is -3.43. The molecular formula is C10H19F2NO4. The van der Waals surface area contributed by atoms with Gasteiger partial charge < -0.3 is 20.3 Å². The number of ether oxygens (including phenoxy) is 1. The molecule has 0 bridgehead atoms. The molecule has 1 aliphatic rings. The number of hydrogen-bond acceptors (Lipinski definition) is 5. The van der Waals surface area contributed by atoms with E-state index in [4.69, 9.17) is 10.2 Å². The maximum Gasteiger partial charge on any atom is 0.312 e. The van der Waals surface area contributed by atoms with Crippen LogP contribution in [0.5, 0.6) is 0 Å². The number of piperidine rings is 1. The molecule has 0 saturated carbocycles. The fraction of sp³-hybridized carbons (Fsp3) is 0.900. The van der Waals surface area contributed by atoms with E-state index in [1.807, 2.05) is 20.8 Å². The van der Waals surface area contributed by atoms with Crippen LogP contribution in [0.3, 0.4) is 0 Å². The average molecular weight is 255 g/mol. The predicted molar refractivity (Wildman–Crippen MR) is 56.5 cm³/mol. The van der Waals surface area contributed by atoms with E-state index in [1.54, 1.807) is 0 Å². The average Bonchev–Trinajstić information content (AvgIpc) is 2.09. The van der Waals surface area contributed by atoms with Crippen molar-refractivity contribution in [3.05, 3.63) is 0 Å². The van der Waals surface area contributed by atoms with Crippen molar-refractivity contribution in [3.63, 3.8) is 0 Å². The second-order valence-corrected chi connectivity index (χ2v) is 4.77. The highest BCUT2D eigenvalue weighted by Gasteiger charge is 2.53. The van der Waals surface area contributed by atoms with Gasteiger partial charge in [0.15, 0.2) is 0 Å². The van der Waals surface area contributed by atoms with Gasteiger partial charge in [0, 0.05) is 13.0 Å². The smallest absolute Gasteiger partial charge is 0.312 e. The quantitative estimate of drug-likeness (QED) is 0.462. The number of hydrogen-bond donors (Lipinski definition) is 3. The number of carbonyl (C=O) groups excluding carboxylic acids is 1. The van der Waals surface area contributed by atoms with E-state index in [2.05, 4.69) is 10.1 Å². The second-order valence-electron chi connectivity index (χ2n) is 4.77. The van der Waals surface area contributed by atoms with Gasteiger partial charge in [0.05, 0.1) is 6.54 Å². The number of carbonyl (C=O) groups is 1. The number of alkyl halides is 2. The number of halogens is 2. The summed E-state index contributed by atoms with van der Waals surface area (Å²) >= 11 is 0. The Morgan fingerprint density at radius 2 is 1.88 bits per heavy atom. The van der Waals surface area contributed by atoms with E-state index in [0.717, 1.165) is 0 Å². The lowest BCUT2D eigenvalue weighted by atomic mass is 10.0. The Bertz CT molecular complexity index is 235. The Morgan fingerprint density at radius 1 is 1.35 bits per heavy atom. The highest BCUT2D eigenvalue weighted by atomic mass is 19.3. The largest absolute Gasteiger partial charge is 0.462 e. The lowest BCUT2D eigenvalue weighted by Crippen LogP contribution is -2.59. The van der Waals surface area contributed by atoms with Gasteiger partial charge in [-0.05, 0) is 20.8 Å². The van der Waals surface area contributed by atoms with Crippen LogP contribution >= 0.6 is 0 Å². The van der Waals surface area contributed by atoms with Gasteiger partial charge in [0.2, 0.25) is 5.79 Å². The molecule has 0 atom stereocenters. The van der Waals surface area contributed by atoms with Crippen LogP contribution in [0.25, 0.3) is 0 Å². The Labute approximate surface area is 98.8 Å². The zero-order valence-electron chi connectivity index (χ0n) is 10.2. The van der Waals surface area contributed by atoms with Gasteiger partial charge in [-0.15, -0.1) is 0 Å². The van der Waals surface area contributed by atoms with Gasteiger partial charge in [0.1, 0.15) is 5.60 Å². The summed E-state index contributed by atoms with van der Waals surface area (Å²) in [5.41, 5.74) is -0.318. The van der Waals surface area contributed by atoms with E-state index < -0.39 is 18.3 Å². The molecule has 0 spiro atoms. The van der Waals surface area contributed by atoms with Gasteiger partial charge in [-0.1, -0.05) is 0 Å². The van der Waals surface area contributed by atoms with Gasteiger partial charge >= 0.3 is 5.92 Å². The molecule has 1 saturated heterocycles. The van der Waals surface area contributed by atoms with E-state index in [0.29, 0.717) is 6.47 Å². The van der Waals surface area contributed by atoms with Crippen LogP contribution in [0.2, 0.25) is 0 Å². The molecule has 0 amide bonds. The zero-order valence-corrected chi connectivity index (χ0v) is 10.2. The van der Waals surface area contributed by atoms with Gasteiger partial charge in [-0.3, -0.25) is 4.79 Å². The standard InChI is InChI=1S/C5H9F2NO2.C5H10O2/c6-4(7)3-8-2-1-5(4,9)10;1-5(2,3)7-4-6/h8-10H,1-3H2;4H,1-3H3. The summed E-state index contributed by atoms with van der Waals surface area (Å²) in [6.45, 7) is 5.47. The molecule has 102 valence electrons. The molecule has 5 nitrogen and oxygen atoms in total. The fourth-order valence-electron chi connectivity index (χ4n) is 0.977. The lowest BCUT2D eigenvalue weighted by Gasteiger charge is -2.35. The molecule has 1 fully saturated rings. The normalized spacial score (nSPS) is 22.1. The molecule has 1 rings (SSSR count). The third-order valence-corrected chi connectivity index (χ3v) is 1.98. The monoisotopic (exact) mass is 255 g/mol. The molecule has 0 unspecified atom stereocenters. The van der Waals surface area contributed by atoms with Crippen LogP contribution in [-0.2, 0) is 9.53 Å². The van der Waals surface area contributed by atoms with Crippen LogP contribution in [-0.4, -0.2) is 47.1 Å². The Morgan fingerprint density at radius 3 is 2.06 bits per heavy atom. The van der Waals surface area contributed by atoms with Crippen molar-refractivity contribution < 1.29 is 28.5 Å². The minimum absolute atomic E-state index is 0.211. The van der Waals surface area contributed by atoms with E-state index in [9.17, 15) is 13.6 Å². The Kier molecular flexibility index (Phi) is 5.44. The first-order valence-corrected chi connectivity index (χ1v) is 5.16.